The Balaban J connectivity index is 1.51. The fourth-order valence-corrected chi connectivity index (χ4v) is 5.90. The molecule has 8 heteroatoms. The summed E-state index contributed by atoms with van der Waals surface area (Å²) in [6.45, 7) is 11.6. The van der Waals surface area contributed by atoms with E-state index in [9.17, 15) is 14.4 Å². The number of likely N-dealkylation sites (tertiary alicyclic amines) is 1. The van der Waals surface area contributed by atoms with Crippen LogP contribution in [0.25, 0.3) is 0 Å². The Labute approximate surface area is 262 Å². The van der Waals surface area contributed by atoms with E-state index in [0.717, 1.165) is 32.2 Å². The van der Waals surface area contributed by atoms with Crippen molar-refractivity contribution in [3.05, 3.63) is 12.2 Å². The molecule has 2 aliphatic heterocycles. The van der Waals surface area contributed by atoms with Gasteiger partial charge in [0.15, 0.2) is 5.79 Å². The summed E-state index contributed by atoms with van der Waals surface area (Å²) >= 11 is 0. The lowest BCUT2D eigenvalue weighted by molar-refractivity contribution is -0.304. The van der Waals surface area contributed by atoms with Gasteiger partial charge in [-0.15, -0.1) is 0 Å². The van der Waals surface area contributed by atoms with Crippen LogP contribution < -0.4 is 10.6 Å². The normalized spacial score (nSPS) is 21.3. The second-order valence-electron chi connectivity index (χ2n) is 13.7. The second kappa shape index (κ2) is 20.2. The molecule has 2 rings (SSSR count). The summed E-state index contributed by atoms with van der Waals surface area (Å²) in [5.74, 6) is -0.950. The molecule has 0 aromatic carbocycles. The fourth-order valence-electron chi connectivity index (χ4n) is 5.90. The Morgan fingerprint density at radius 2 is 1.47 bits per heavy atom. The molecule has 248 valence electrons. The zero-order chi connectivity index (χ0) is 31.6. The van der Waals surface area contributed by atoms with Gasteiger partial charge in [-0.1, -0.05) is 84.3 Å². The lowest BCUT2D eigenvalue weighted by Gasteiger charge is -2.44. The highest BCUT2D eigenvalue weighted by atomic mass is 16.7. The Hall–Kier alpha value is -1.93. The summed E-state index contributed by atoms with van der Waals surface area (Å²) in [4.78, 5) is 40.0. The molecule has 2 saturated heterocycles. The van der Waals surface area contributed by atoms with Gasteiger partial charge in [-0.25, -0.2) is 0 Å². The third kappa shape index (κ3) is 15.1. The van der Waals surface area contributed by atoms with Crippen molar-refractivity contribution in [2.24, 2.45) is 5.41 Å². The number of hydrogen-bond donors (Lipinski definition) is 2. The van der Waals surface area contributed by atoms with Crippen molar-refractivity contribution in [3.8, 4) is 0 Å². The molecule has 3 amide bonds. The number of amides is 3. The first-order valence-corrected chi connectivity index (χ1v) is 17.4. The minimum atomic E-state index is -0.816. The van der Waals surface area contributed by atoms with Crippen molar-refractivity contribution < 1.29 is 23.9 Å². The molecule has 2 fully saturated rings. The number of ether oxygens (including phenoxy) is 2. The molecule has 0 spiro atoms. The van der Waals surface area contributed by atoms with E-state index in [2.05, 4.69) is 29.7 Å². The van der Waals surface area contributed by atoms with Crippen LogP contribution in [0.5, 0.6) is 0 Å². The number of carbonyl (C=O) groups excluding carboxylic acids is 3. The van der Waals surface area contributed by atoms with Gasteiger partial charge in [-0.2, -0.15) is 0 Å². The van der Waals surface area contributed by atoms with E-state index in [0.29, 0.717) is 19.6 Å². The standard InChI is InChI=1S/C35H63N3O5/c1-6-7-8-9-10-11-12-13-14-15-16-17-18-19-20-23-31(40)38-26-21-22-29(38)27-37-30(39)24-25-36-33(41)32-34(2,3)28-42-35(4,5)43-32/h13-14,29,32H,6-12,15-28H2,1-5H3,(H,36,41)(H,37,39)/b14-13-/t29?,32-/m0/s1. The van der Waals surface area contributed by atoms with Crippen LogP contribution in [0.2, 0.25) is 0 Å². The average Bonchev–Trinajstić information content (AvgIpc) is 3.44. The van der Waals surface area contributed by atoms with E-state index in [-0.39, 0.29) is 36.7 Å². The smallest absolute Gasteiger partial charge is 0.249 e. The second-order valence-corrected chi connectivity index (χ2v) is 13.7. The van der Waals surface area contributed by atoms with Crippen LogP contribution in [0.1, 0.15) is 144 Å². The SMILES string of the molecule is CCCCCCCC/C=C\CCCCCCCC(=O)N1CCCC1CNC(=O)CCNC(=O)[C@@H]1OC(C)(C)OCC1(C)C. The first-order valence-electron chi connectivity index (χ1n) is 17.4. The molecule has 2 aliphatic rings. The maximum Gasteiger partial charge on any atom is 0.249 e. The maximum absolute atomic E-state index is 12.9. The third-order valence-electron chi connectivity index (χ3n) is 8.68. The van der Waals surface area contributed by atoms with Crippen LogP contribution in [0, 0.1) is 5.41 Å². The zero-order valence-electron chi connectivity index (χ0n) is 28.1. The van der Waals surface area contributed by atoms with E-state index in [1.54, 1.807) is 13.8 Å². The Bertz CT molecular complexity index is 856. The minimum absolute atomic E-state index is 0.0628. The third-order valence-corrected chi connectivity index (χ3v) is 8.68. The number of unbranched alkanes of at least 4 members (excludes halogenated alkanes) is 11. The predicted molar refractivity (Wildman–Crippen MR) is 174 cm³/mol. The lowest BCUT2D eigenvalue weighted by atomic mass is 9.85. The fraction of sp³-hybridized carbons (Fsp3) is 0.857. The maximum atomic E-state index is 12.9. The van der Waals surface area contributed by atoms with E-state index in [1.165, 1.54) is 70.6 Å². The van der Waals surface area contributed by atoms with Crippen LogP contribution in [-0.4, -0.2) is 66.8 Å². The van der Waals surface area contributed by atoms with Crippen molar-refractivity contribution in [2.75, 3.05) is 26.2 Å². The highest BCUT2D eigenvalue weighted by Gasteiger charge is 2.45. The molecule has 2 atom stereocenters. The molecule has 2 N–H and O–H groups in total. The van der Waals surface area contributed by atoms with Crippen LogP contribution in [0.15, 0.2) is 12.2 Å². The van der Waals surface area contributed by atoms with Gasteiger partial charge < -0.3 is 25.0 Å². The molecule has 0 aliphatic carbocycles. The number of rotatable bonds is 21. The number of hydrogen-bond acceptors (Lipinski definition) is 5. The van der Waals surface area contributed by atoms with Gasteiger partial charge in [-0.3, -0.25) is 14.4 Å². The van der Waals surface area contributed by atoms with Crippen molar-refractivity contribution in [1.29, 1.82) is 0 Å². The van der Waals surface area contributed by atoms with Crippen LogP contribution in [-0.2, 0) is 23.9 Å². The highest BCUT2D eigenvalue weighted by molar-refractivity contribution is 5.83. The van der Waals surface area contributed by atoms with Gasteiger partial charge in [0, 0.05) is 43.9 Å². The van der Waals surface area contributed by atoms with Crippen molar-refractivity contribution >= 4 is 17.7 Å². The Morgan fingerprint density at radius 1 is 0.837 bits per heavy atom. The summed E-state index contributed by atoms with van der Waals surface area (Å²) in [6, 6.07) is 0.0628. The van der Waals surface area contributed by atoms with Gasteiger partial charge in [0.1, 0.15) is 6.10 Å². The van der Waals surface area contributed by atoms with Crippen molar-refractivity contribution in [1.82, 2.24) is 15.5 Å². The summed E-state index contributed by atoms with van der Waals surface area (Å²) in [7, 11) is 0. The first kappa shape index (κ1) is 37.3. The molecule has 0 aromatic heterocycles. The molecule has 8 nitrogen and oxygen atoms in total. The quantitative estimate of drug-likeness (QED) is 0.111. The molecule has 0 aromatic rings. The predicted octanol–water partition coefficient (Wildman–Crippen LogP) is 6.82. The number of carbonyl (C=O) groups is 3. The van der Waals surface area contributed by atoms with Crippen molar-refractivity contribution in [2.45, 2.75) is 162 Å². The molecule has 43 heavy (non-hydrogen) atoms. The molecule has 1 unspecified atom stereocenters. The van der Waals surface area contributed by atoms with E-state index >= 15 is 0 Å². The van der Waals surface area contributed by atoms with Crippen LogP contribution in [0.3, 0.4) is 0 Å². The number of nitrogens with one attached hydrogen (secondary N) is 2. The number of nitrogens with zero attached hydrogens (tertiary/aromatic N) is 1. The molecule has 0 radical (unpaired) electrons. The molecule has 0 saturated carbocycles. The lowest BCUT2D eigenvalue weighted by Crippen LogP contribution is -2.56. The van der Waals surface area contributed by atoms with Gasteiger partial charge in [0.25, 0.3) is 0 Å². The van der Waals surface area contributed by atoms with Gasteiger partial charge >= 0.3 is 0 Å². The molecular weight excluding hydrogens is 542 g/mol. The monoisotopic (exact) mass is 605 g/mol. The average molecular weight is 606 g/mol. The minimum Gasteiger partial charge on any atom is -0.354 e. The number of allylic oxidation sites excluding steroid dienone is 2. The summed E-state index contributed by atoms with van der Waals surface area (Å²) < 4.78 is 11.5. The first-order chi connectivity index (χ1) is 20.6. The van der Waals surface area contributed by atoms with Gasteiger partial charge in [0.05, 0.1) is 6.61 Å². The van der Waals surface area contributed by atoms with Crippen LogP contribution >= 0.6 is 0 Å². The molecule has 2 heterocycles. The van der Waals surface area contributed by atoms with E-state index in [1.807, 2.05) is 18.7 Å². The van der Waals surface area contributed by atoms with Crippen LogP contribution in [0.4, 0.5) is 0 Å². The topological polar surface area (TPSA) is 97.0 Å². The molecular formula is C35H63N3O5. The zero-order valence-corrected chi connectivity index (χ0v) is 28.1. The summed E-state index contributed by atoms with van der Waals surface area (Å²) in [5, 5.41) is 5.82. The molecule has 0 bridgehead atoms. The van der Waals surface area contributed by atoms with Gasteiger partial charge in [0.2, 0.25) is 17.7 Å². The highest BCUT2D eigenvalue weighted by Crippen LogP contribution is 2.34. The van der Waals surface area contributed by atoms with Gasteiger partial charge in [-0.05, 0) is 58.8 Å². The Kier molecular flexibility index (Phi) is 17.5. The summed E-state index contributed by atoms with van der Waals surface area (Å²) in [5.41, 5.74) is -0.454. The van der Waals surface area contributed by atoms with E-state index < -0.39 is 17.3 Å². The van der Waals surface area contributed by atoms with Crippen molar-refractivity contribution in [3.63, 3.8) is 0 Å². The largest absolute Gasteiger partial charge is 0.354 e. The summed E-state index contributed by atoms with van der Waals surface area (Å²) in [6.07, 6.45) is 23.0. The van der Waals surface area contributed by atoms with E-state index in [4.69, 9.17) is 9.47 Å². The Morgan fingerprint density at radius 3 is 2.14 bits per heavy atom.